The van der Waals surface area contributed by atoms with Crippen LogP contribution in [0, 0.1) is 0 Å². The molecule has 0 aromatic heterocycles. The van der Waals surface area contributed by atoms with Crippen molar-refractivity contribution in [1.82, 2.24) is 4.90 Å². The zero-order chi connectivity index (χ0) is 11.4. The third-order valence-electron chi connectivity index (χ3n) is 4.15. The van der Waals surface area contributed by atoms with E-state index < -0.39 is 0 Å². The van der Waals surface area contributed by atoms with E-state index in [1.807, 2.05) is 0 Å². The maximum absolute atomic E-state index is 11.9. The molecule has 1 amide bonds. The van der Waals surface area contributed by atoms with Gasteiger partial charge in [-0.05, 0) is 0 Å². The van der Waals surface area contributed by atoms with Crippen LogP contribution in [0.25, 0.3) is 0 Å². The molecule has 0 heterocycles. The van der Waals surface area contributed by atoms with Crippen molar-refractivity contribution in [3.8, 4) is 0 Å². The Morgan fingerprint density at radius 2 is 1.19 bits per heavy atom. The Hall–Kier alpha value is 0.260. The van der Waals surface area contributed by atoms with Gasteiger partial charge in [0.05, 0.1) is 0 Å². The van der Waals surface area contributed by atoms with Crippen molar-refractivity contribution in [3.63, 3.8) is 0 Å². The Balaban J connectivity index is 1.99. The second-order valence-electron chi connectivity index (χ2n) is 5.26. The van der Waals surface area contributed by atoms with Gasteiger partial charge in [0, 0.05) is 0 Å². The van der Waals surface area contributed by atoms with Crippen LogP contribution in [-0.2, 0) is 0 Å². The summed E-state index contributed by atoms with van der Waals surface area (Å²) in [6.07, 6.45) is 13.0. The molecule has 0 atom stereocenters. The number of carbonyl (C=O) groups is 1. The van der Waals surface area contributed by atoms with Gasteiger partial charge in [-0.2, -0.15) is 0 Å². The molecule has 0 N–H and O–H groups in total. The molecule has 2 rings (SSSR count). The van der Waals surface area contributed by atoms with E-state index in [1.165, 1.54) is 64.2 Å². The van der Waals surface area contributed by atoms with Gasteiger partial charge in [0.15, 0.2) is 0 Å². The predicted molar refractivity (Wildman–Crippen MR) is 66.7 cm³/mol. The van der Waals surface area contributed by atoms with Crippen LogP contribution in [0.1, 0.15) is 64.2 Å². The third-order valence-corrected chi connectivity index (χ3v) is 4.75. The average Bonchev–Trinajstić information content (AvgIpc) is 2.31. The van der Waals surface area contributed by atoms with Gasteiger partial charge in [-0.15, -0.1) is 0 Å². The average molecular weight is 336 g/mol. The Morgan fingerprint density at radius 3 is 1.50 bits per heavy atom. The van der Waals surface area contributed by atoms with E-state index in [2.05, 4.69) is 4.90 Å². The van der Waals surface area contributed by atoms with E-state index in [0.717, 1.165) is 0 Å². The molecule has 2 fully saturated rings. The minimum absolute atomic E-state index is 0.328. The molecular weight excluding hydrogens is 314 g/mol. The van der Waals surface area contributed by atoms with E-state index in [4.69, 9.17) is 0 Å². The summed E-state index contributed by atoms with van der Waals surface area (Å²) < 4.78 is 0.328. The molecule has 2 aliphatic rings. The Morgan fingerprint density at radius 1 is 0.812 bits per heavy atom. The molecule has 2 nitrogen and oxygen atoms in total. The molecule has 2 saturated carbocycles. The van der Waals surface area contributed by atoms with Gasteiger partial charge in [0.1, 0.15) is 0 Å². The molecule has 0 aliphatic heterocycles. The van der Waals surface area contributed by atoms with Crippen LogP contribution >= 0.6 is 0 Å². The summed E-state index contributed by atoms with van der Waals surface area (Å²) in [5.41, 5.74) is 0. The van der Waals surface area contributed by atoms with E-state index >= 15 is 0 Å². The van der Waals surface area contributed by atoms with E-state index in [0.29, 0.717) is 16.0 Å². The van der Waals surface area contributed by atoms with Crippen molar-refractivity contribution >= 4 is 26.2 Å². The molecule has 0 spiro atoms. The van der Waals surface area contributed by atoms with Gasteiger partial charge in [0.25, 0.3) is 0 Å². The number of hydrogen-bond acceptors (Lipinski definition) is 1. The van der Waals surface area contributed by atoms with Gasteiger partial charge in [-0.1, -0.05) is 0 Å². The molecule has 0 saturated heterocycles. The van der Waals surface area contributed by atoms with Crippen LogP contribution in [0.15, 0.2) is 0 Å². The summed E-state index contributed by atoms with van der Waals surface area (Å²) in [5, 5.41) is 0. The topological polar surface area (TPSA) is 20.3 Å². The normalized spacial score (nSPS) is 24.2. The van der Waals surface area contributed by atoms with Crippen LogP contribution < -0.4 is 0 Å². The number of carbonyl (C=O) groups excluding carboxylic acids is 1. The molecule has 16 heavy (non-hydrogen) atoms. The SMILES string of the molecule is O=C([Te])N(C1CCCCC1)C1CCCCC1. The zero-order valence-electron chi connectivity index (χ0n) is 9.99. The number of hydrogen-bond donors (Lipinski definition) is 0. The first-order valence-corrected chi connectivity index (χ1v) is 7.95. The van der Waals surface area contributed by atoms with Crippen LogP contribution in [0.5, 0.6) is 0 Å². The fraction of sp³-hybridized carbons (Fsp3) is 0.923. The number of rotatable bonds is 2. The molecule has 0 aromatic carbocycles. The Labute approximate surface area is 112 Å². The van der Waals surface area contributed by atoms with Gasteiger partial charge in [-0.3, -0.25) is 0 Å². The summed E-state index contributed by atoms with van der Waals surface area (Å²) in [5.74, 6) is 0. The van der Waals surface area contributed by atoms with Crippen molar-refractivity contribution in [2.45, 2.75) is 76.3 Å². The molecule has 2 aliphatic carbocycles. The summed E-state index contributed by atoms with van der Waals surface area (Å²) in [6.45, 7) is 0. The van der Waals surface area contributed by atoms with Gasteiger partial charge >= 0.3 is 112 Å². The minimum atomic E-state index is 0.328. The van der Waals surface area contributed by atoms with Crippen molar-refractivity contribution in [2.24, 2.45) is 0 Å². The first kappa shape index (κ1) is 12.7. The van der Waals surface area contributed by atoms with Crippen molar-refractivity contribution in [1.29, 1.82) is 0 Å². The third kappa shape index (κ3) is 3.14. The maximum atomic E-state index is 11.9. The van der Waals surface area contributed by atoms with E-state index in [9.17, 15) is 4.79 Å². The van der Waals surface area contributed by atoms with Crippen LogP contribution in [0.4, 0.5) is 4.79 Å². The summed E-state index contributed by atoms with van der Waals surface area (Å²) in [6, 6.07) is 1.13. The molecule has 1 radical (unpaired) electrons. The van der Waals surface area contributed by atoms with Crippen molar-refractivity contribution in [3.05, 3.63) is 0 Å². The molecule has 3 heteroatoms. The van der Waals surface area contributed by atoms with Gasteiger partial charge in [-0.25, -0.2) is 0 Å². The number of amides is 1. The zero-order valence-corrected chi connectivity index (χ0v) is 12.3. The Kier molecular flexibility index (Phi) is 4.97. The van der Waals surface area contributed by atoms with Crippen molar-refractivity contribution in [2.75, 3.05) is 0 Å². The standard InChI is InChI=1S/C13H22NOTe/c15-13(16)14(11-7-3-1-4-8-11)12-9-5-2-6-10-12/h11-12H,1-10H2. The molecule has 0 aromatic rings. The summed E-state index contributed by atoms with van der Waals surface area (Å²) >= 11 is 1.69. The van der Waals surface area contributed by atoms with Gasteiger partial charge < -0.3 is 0 Å². The second kappa shape index (κ2) is 6.26. The van der Waals surface area contributed by atoms with E-state index in [1.54, 1.807) is 22.3 Å². The molecule has 0 unspecified atom stereocenters. The first-order valence-electron chi connectivity index (χ1n) is 6.78. The Bertz CT molecular complexity index is 214. The van der Waals surface area contributed by atoms with E-state index in [-0.39, 0.29) is 0 Å². The fourth-order valence-electron chi connectivity index (χ4n) is 3.31. The van der Waals surface area contributed by atoms with Gasteiger partial charge in [0.2, 0.25) is 0 Å². The van der Waals surface area contributed by atoms with Crippen molar-refractivity contribution < 1.29 is 4.79 Å². The van der Waals surface area contributed by atoms with Crippen LogP contribution in [-0.4, -0.2) is 43.2 Å². The number of nitrogens with zero attached hydrogens (tertiary/aromatic N) is 1. The quantitative estimate of drug-likeness (QED) is 0.709. The molecule has 0 bridgehead atoms. The monoisotopic (exact) mass is 338 g/mol. The van der Waals surface area contributed by atoms with Crippen LogP contribution in [0.3, 0.4) is 0 Å². The summed E-state index contributed by atoms with van der Waals surface area (Å²) in [7, 11) is 0. The first-order chi connectivity index (χ1) is 7.79. The molecule has 91 valence electrons. The predicted octanol–water partition coefficient (Wildman–Crippen LogP) is 3.24. The summed E-state index contributed by atoms with van der Waals surface area (Å²) in [4.78, 5) is 14.1. The van der Waals surface area contributed by atoms with Crippen LogP contribution in [0.2, 0.25) is 0 Å². The fourth-order valence-corrected chi connectivity index (χ4v) is 4.17. The molecular formula is C13H22NOTe. The second-order valence-corrected chi connectivity index (χ2v) is 6.25.